The first kappa shape index (κ1) is 24.9. The quantitative estimate of drug-likeness (QED) is 0.722. The van der Waals surface area contributed by atoms with Gasteiger partial charge in [-0.3, -0.25) is 9.69 Å². The molecule has 2 aliphatic heterocycles. The molecule has 2 aliphatic rings. The smallest absolute Gasteiger partial charge is 0.220 e. The number of carbonyl (C=O) groups excluding carboxylic acids is 1. The molecular weight excluding hydrogens is 361 g/mol. The first-order chi connectivity index (χ1) is 10.9. The van der Waals surface area contributed by atoms with E-state index in [-0.39, 0.29) is 48.5 Å². The fourth-order valence-electron chi connectivity index (χ4n) is 3.69. The Bertz CT molecular complexity index is 381. The molecule has 2 atom stereocenters. The van der Waals surface area contributed by atoms with E-state index in [2.05, 4.69) is 43.2 Å². The van der Waals surface area contributed by atoms with E-state index in [1.807, 2.05) is 0 Å². The van der Waals surface area contributed by atoms with Crippen LogP contribution >= 0.6 is 24.8 Å². The van der Waals surface area contributed by atoms with Crippen LogP contribution in [-0.2, 0) is 9.53 Å². The van der Waals surface area contributed by atoms with Crippen LogP contribution in [0.25, 0.3) is 0 Å². The Morgan fingerprint density at radius 3 is 2.28 bits per heavy atom. The Morgan fingerprint density at radius 2 is 1.72 bits per heavy atom. The number of hydrogen-bond acceptors (Lipinski definition) is 4. The molecule has 25 heavy (non-hydrogen) atoms. The average Bonchev–Trinajstić information content (AvgIpc) is 2.51. The molecule has 0 spiro atoms. The van der Waals surface area contributed by atoms with Gasteiger partial charge in [0.25, 0.3) is 0 Å². The van der Waals surface area contributed by atoms with E-state index in [4.69, 9.17) is 4.74 Å². The van der Waals surface area contributed by atoms with Gasteiger partial charge in [0.1, 0.15) is 0 Å². The van der Waals surface area contributed by atoms with Crippen LogP contribution in [0.2, 0.25) is 0 Å². The third-order valence-corrected chi connectivity index (χ3v) is 5.23. The molecule has 2 fully saturated rings. The van der Waals surface area contributed by atoms with Crippen LogP contribution in [-0.4, -0.2) is 61.3 Å². The number of rotatable bonds is 6. The van der Waals surface area contributed by atoms with Gasteiger partial charge in [0.2, 0.25) is 5.91 Å². The van der Waals surface area contributed by atoms with Crippen LogP contribution < -0.4 is 10.6 Å². The van der Waals surface area contributed by atoms with Crippen molar-refractivity contribution < 1.29 is 9.53 Å². The van der Waals surface area contributed by atoms with E-state index in [0.29, 0.717) is 13.0 Å². The maximum atomic E-state index is 12.2. The van der Waals surface area contributed by atoms with Gasteiger partial charge in [0, 0.05) is 31.6 Å². The van der Waals surface area contributed by atoms with E-state index in [1.54, 1.807) is 0 Å². The SMILES string of the molecule is CC1CN(C(C)(C)CNC(=O)CCC2CCNCC2)CC(C)O1.Cl.Cl. The predicted molar refractivity (Wildman–Crippen MR) is 108 cm³/mol. The first-order valence-electron chi connectivity index (χ1n) is 9.25. The number of nitrogens with one attached hydrogen (secondary N) is 2. The number of morpholine rings is 1. The molecule has 150 valence electrons. The monoisotopic (exact) mass is 397 g/mol. The summed E-state index contributed by atoms with van der Waals surface area (Å²) in [4.78, 5) is 14.6. The highest BCUT2D eigenvalue weighted by Crippen LogP contribution is 2.21. The summed E-state index contributed by atoms with van der Waals surface area (Å²) in [5.41, 5.74) is -0.0310. The van der Waals surface area contributed by atoms with Crippen molar-refractivity contribution in [3.63, 3.8) is 0 Å². The van der Waals surface area contributed by atoms with Crippen LogP contribution in [0, 0.1) is 5.92 Å². The lowest BCUT2D eigenvalue weighted by Crippen LogP contribution is -2.58. The van der Waals surface area contributed by atoms with Crippen molar-refractivity contribution in [2.24, 2.45) is 5.92 Å². The lowest BCUT2D eigenvalue weighted by atomic mass is 9.93. The Morgan fingerprint density at radius 1 is 1.16 bits per heavy atom. The van der Waals surface area contributed by atoms with Crippen molar-refractivity contribution in [3.05, 3.63) is 0 Å². The molecule has 7 heteroatoms. The number of carbonyl (C=O) groups is 1. The van der Waals surface area contributed by atoms with Crippen LogP contribution in [0.4, 0.5) is 0 Å². The van der Waals surface area contributed by atoms with E-state index < -0.39 is 0 Å². The van der Waals surface area contributed by atoms with E-state index >= 15 is 0 Å². The van der Waals surface area contributed by atoms with Gasteiger partial charge < -0.3 is 15.4 Å². The molecule has 0 aromatic rings. The van der Waals surface area contributed by atoms with Crippen molar-refractivity contribution >= 4 is 30.7 Å². The predicted octanol–water partition coefficient (Wildman–Crippen LogP) is 2.61. The van der Waals surface area contributed by atoms with Crippen molar-refractivity contribution in [1.82, 2.24) is 15.5 Å². The maximum Gasteiger partial charge on any atom is 0.220 e. The first-order valence-corrected chi connectivity index (χ1v) is 9.25. The zero-order valence-corrected chi connectivity index (χ0v) is 17.8. The second kappa shape index (κ2) is 11.6. The van der Waals surface area contributed by atoms with Crippen molar-refractivity contribution in [2.75, 3.05) is 32.7 Å². The summed E-state index contributed by atoms with van der Waals surface area (Å²) >= 11 is 0. The maximum absolute atomic E-state index is 12.2. The van der Waals surface area contributed by atoms with Crippen LogP contribution in [0.3, 0.4) is 0 Å². The van der Waals surface area contributed by atoms with Gasteiger partial charge in [-0.15, -0.1) is 24.8 Å². The average molecular weight is 398 g/mol. The summed E-state index contributed by atoms with van der Waals surface area (Å²) in [6, 6.07) is 0. The fourth-order valence-corrected chi connectivity index (χ4v) is 3.69. The highest BCUT2D eigenvalue weighted by molar-refractivity contribution is 5.85. The summed E-state index contributed by atoms with van der Waals surface area (Å²) < 4.78 is 5.81. The highest BCUT2D eigenvalue weighted by atomic mass is 35.5. The molecule has 2 saturated heterocycles. The minimum absolute atomic E-state index is 0. The summed E-state index contributed by atoms with van der Waals surface area (Å²) in [5, 5.41) is 6.53. The zero-order valence-electron chi connectivity index (χ0n) is 16.2. The highest BCUT2D eigenvalue weighted by Gasteiger charge is 2.33. The number of amides is 1. The molecule has 2 heterocycles. The number of ether oxygens (including phenoxy) is 1. The fraction of sp³-hybridized carbons (Fsp3) is 0.944. The summed E-state index contributed by atoms with van der Waals surface area (Å²) in [7, 11) is 0. The third kappa shape index (κ3) is 8.44. The normalized spacial score (nSPS) is 25.6. The van der Waals surface area contributed by atoms with Gasteiger partial charge in [0.05, 0.1) is 12.2 Å². The van der Waals surface area contributed by atoms with Crippen LogP contribution in [0.1, 0.15) is 53.4 Å². The Labute approximate surface area is 165 Å². The lowest BCUT2D eigenvalue weighted by Gasteiger charge is -2.45. The van der Waals surface area contributed by atoms with Gasteiger partial charge in [-0.1, -0.05) is 0 Å². The van der Waals surface area contributed by atoms with E-state index in [9.17, 15) is 4.79 Å². The summed E-state index contributed by atoms with van der Waals surface area (Å²) in [6.07, 6.45) is 4.63. The van der Waals surface area contributed by atoms with E-state index in [1.165, 1.54) is 12.8 Å². The number of halogens is 2. The van der Waals surface area contributed by atoms with Crippen molar-refractivity contribution in [3.8, 4) is 0 Å². The van der Waals surface area contributed by atoms with Crippen molar-refractivity contribution in [1.29, 1.82) is 0 Å². The molecule has 2 N–H and O–H groups in total. The number of hydrogen-bond donors (Lipinski definition) is 2. The Balaban J connectivity index is 0.00000288. The molecule has 0 aliphatic carbocycles. The Hall–Kier alpha value is -0.0700. The third-order valence-electron chi connectivity index (χ3n) is 5.23. The molecule has 2 unspecified atom stereocenters. The van der Waals surface area contributed by atoms with E-state index in [0.717, 1.165) is 38.5 Å². The molecule has 0 aromatic carbocycles. The standard InChI is InChI=1S/C18H35N3O2.2ClH/c1-14-11-21(12-15(2)23-14)18(3,4)13-20-17(22)6-5-16-7-9-19-10-8-16;;/h14-16,19H,5-13H2,1-4H3,(H,20,22);2*1H. The van der Waals surface area contributed by atoms with Gasteiger partial charge in [0.15, 0.2) is 0 Å². The number of nitrogens with zero attached hydrogens (tertiary/aromatic N) is 1. The van der Waals surface area contributed by atoms with Gasteiger partial charge in [-0.25, -0.2) is 0 Å². The second-order valence-electron chi connectivity index (χ2n) is 7.98. The zero-order chi connectivity index (χ0) is 16.9. The molecule has 0 bridgehead atoms. The largest absolute Gasteiger partial charge is 0.373 e. The molecule has 1 amide bonds. The molecule has 0 aromatic heterocycles. The Kier molecular flexibility index (Phi) is 11.6. The molecule has 2 rings (SSSR count). The van der Waals surface area contributed by atoms with Gasteiger partial charge in [-0.2, -0.15) is 0 Å². The van der Waals surface area contributed by atoms with Gasteiger partial charge >= 0.3 is 0 Å². The summed E-state index contributed by atoms with van der Waals surface area (Å²) in [5.74, 6) is 0.918. The summed E-state index contributed by atoms with van der Waals surface area (Å²) in [6.45, 7) is 13.4. The lowest BCUT2D eigenvalue weighted by molar-refractivity contribution is -0.123. The van der Waals surface area contributed by atoms with Crippen LogP contribution in [0.15, 0.2) is 0 Å². The van der Waals surface area contributed by atoms with Crippen molar-refractivity contribution in [2.45, 2.75) is 71.1 Å². The minimum atomic E-state index is -0.0310. The minimum Gasteiger partial charge on any atom is -0.373 e. The molecular formula is C18H37Cl2N3O2. The second-order valence-corrected chi connectivity index (χ2v) is 7.98. The van der Waals surface area contributed by atoms with Gasteiger partial charge in [-0.05, 0) is 66.0 Å². The molecule has 0 radical (unpaired) electrons. The number of piperidine rings is 1. The molecule has 5 nitrogen and oxygen atoms in total. The van der Waals surface area contributed by atoms with Crippen LogP contribution in [0.5, 0.6) is 0 Å². The molecule has 0 saturated carbocycles. The topological polar surface area (TPSA) is 53.6 Å².